The van der Waals surface area contributed by atoms with Gasteiger partial charge in [0, 0.05) is 13.6 Å². The molecule has 1 unspecified atom stereocenters. The molecule has 1 aromatic carbocycles. The number of hydrogen-bond donors (Lipinski definition) is 1. The second kappa shape index (κ2) is 7.10. The SMILES string of the molecule is CCCCS(=O)(=O)N(C)CC(O)c1c(F)cccc1F. The highest BCUT2D eigenvalue weighted by Gasteiger charge is 2.24. The van der Waals surface area contributed by atoms with E-state index in [1.165, 1.54) is 13.1 Å². The summed E-state index contributed by atoms with van der Waals surface area (Å²) in [6, 6.07) is 3.23. The van der Waals surface area contributed by atoms with Crippen LogP contribution < -0.4 is 0 Å². The summed E-state index contributed by atoms with van der Waals surface area (Å²) in [5, 5.41) is 9.86. The third-order valence-electron chi connectivity index (χ3n) is 2.99. The number of benzene rings is 1. The van der Waals surface area contributed by atoms with Crippen LogP contribution in [0.15, 0.2) is 18.2 Å². The predicted molar refractivity (Wildman–Crippen MR) is 72.6 cm³/mol. The van der Waals surface area contributed by atoms with Crippen LogP contribution in [0.4, 0.5) is 8.78 Å². The largest absolute Gasteiger partial charge is 0.387 e. The van der Waals surface area contributed by atoms with Crippen molar-refractivity contribution in [3.8, 4) is 0 Å². The molecule has 0 saturated carbocycles. The van der Waals surface area contributed by atoms with E-state index < -0.39 is 33.3 Å². The van der Waals surface area contributed by atoms with E-state index in [2.05, 4.69) is 0 Å². The lowest BCUT2D eigenvalue weighted by atomic mass is 10.1. The number of nitrogens with zero attached hydrogens (tertiary/aromatic N) is 1. The van der Waals surface area contributed by atoms with Crippen LogP contribution in [0.2, 0.25) is 0 Å². The number of rotatable bonds is 7. The van der Waals surface area contributed by atoms with Crippen molar-refractivity contribution in [2.45, 2.75) is 25.9 Å². The third kappa shape index (κ3) is 4.22. The Bertz CT molecular complexity index is 528. The van der Waals surface area contributed by atoms with Gasteiger partial charge in [-0.15, -0.1) is 0 Å². The highest BCUT2D eigenvalue weighted by atomic mass is 32.2. The van der Waals surface area contributed by atoms with Crippen molar-refractivity contribution < 1.29 is 22.3 Å². The molecular formula is C13H19F2NO3S. The van der Waals surface area contributed by atoms with Gasteiger partial charge in [0.2, 0.25) is 10.0 Å². The molecule has 0 amide bonds. The summed E-state index contributed by atoms with van der Waals surface area (Å²) < 4.78 is 51.6. The van der Waals surface area contributed by atoms with Crippen LogP contribution in [0.3, 0.4) is 0 Å². The predicted octanol–water partition coefficient (Wildman–Crippen LogP) is 2.06. The smallest absolute Gasteiger partial charge is 0.213 e. The monoisotopic (exact) mass is 307 g/mol. The van der Waals surface area contributed by atoms with E-state index in [-0.39, 0.29) is 12.3 Å². The van der Waals surface area contributed by atoms with Crippen molar-refractivity contribution in [3.63, 3.8) is 0 Å². The fraction of sp³-hybridized carbons (Fsp3) is 0.538. The van der Waals surface area contributed by atoms with Crippen molar-refractivity contribution >= 4 is 10.0 Å². The molecule has 0 radical (unpaired) electrons. The minimum absolute atomic E-state index is 0.0491. The van der Waals surface area contributed by atoms with E-state index >= 15 is 0 Å². The lowest BCUT2D eigenvalue weighted by molar-refractivity contribution is 0.146. The number of halogens is 2. The Morgan fingerprint density at radius 1 is 1.30 bits per heavy atom. The van der Waals surface area contributed by atoms with Gasteiger partial charge < -0.3 is 5.11 Å². The molecule has 0 aromatic heterocycles. The van der Waals surface area contributed by atoms with Gasteiger partial charge >= 0.3 is 0 Å². The maximum absolute atomic E-state index is 13.5. The van der Waals surface area contributed by atoms with E-state index in [1.807, 2.05) is 6.92 Å². The van der Waals surface area contributed by atoms with Gasteiger partial charge in [0.15, 0.2) is 0 Å². The normalized spacial score (nSPS) is 13.7. The van der Waals surface area contributed by atoms with Crippen LogP contribution >= 0.6 is 0 Å². The van der Waals surface area contributed by atoms with Gasteiger partial charge in [-0.3, -0.25) is 0 Å². The van der Waals surface area contributed by atoms with Crippen LogP contribution in [-0.2, 0) is 10.0 Å². The molecule has 4 nitrogen and oxygen atoms in total. The third-order valence-corrected chi connectivity index (χ3v) is 4.90. The van der Waals surface area contributed by atoms with Crippen molar-refractivity contribution in [2.75, 3.05) is 19.3 Å². The maximum atomic E-state index is 13.5. The fourth-order valence-corrected chi connectivity index (χ4v) is 3.09. The Morgan fingerprint density at radius 2 is 1.85 bits per heavy atom. The first-order chi connectivity index (χ1) is 9.29. The molecular weight excluding hydrogens is 288 g/mol. The van der Waals surface area contributed by atoms with Gasteiger partial charge in [-0.25, -0.2) is 21.5 Å². The molecule has 0 aliphatic heterocycles. The Hall–Kier alpha value is -1.05. The molecule has 114 valence electrons. The average molecular weight is 307 g/mol. The zero-order chi connectivity index (χ0) is 15.3. The van der Waals surface area contributed by atoms with E-state index in [4.69, 9.17) is 0 Å². The quantitative estimate of drug-likeness (QED) is 0.839. The standard InChI is InChI=1S/C13H19F2NO3S/c1-3-4-8-20(18,19)16(2)9-12(17)13-10(14)6-5-7-11(13)15/h5-7,12,17H,3-4,8-9H2,1-2H3. The van der Waals surface area contributed by atoms with Gasteiger partial charge in [-0.05, 0) is 18.6 Å². The lowest BCUT2D eigenvalue weighted by Crippen LogP contribution is -2.33. The van der Waals surface area contributed by atoms with E-state index in [0.717, 1.165) is 22.9 Å². The van der Waals surface area contributed by atoms with E-state index in [1.54, 1.807) is 0 Å². The van der Waals surface area contributed by atoms with Crippen LogP contribution in [0.1, 0.15) is 31.4 Å². The summed E-state index contributed by atoms with van der Waals surface area (Å²) in [7, 11) is -2.24. The van der Waals surface area contributed by atoms with Crippen LogP contribution in [0.25, 0.3) is 0 Å². The van der Waals surface area contributed by atoms with Crippen molar-refractivity contribution in [3.05, 3.63) is 35.4 Å². The minimum Gasteiger partial charge on any atom is -0.387 e. The summed E-state index contributed by atoms with van der Waals surface area (Å²) >= 11 is 0. The maximum Gasteiger partial charge on any atom is 0.213 e. The molecule has 0 aliphatic carbocycles. The molecule has 1 N–H and O–H groups in total. The van der Waals surface area contributed by atoms with Crippen LogP contribution in [0, 0.1) is 11.6 Å². The van der Waals surface area contributed by atoms with Gasteiger partial charge in [-0.1, -0.05) is 19.4 Å². The summed E-state index contributed by atoms with van der Waals surface area (Å²) in [5.41, 5.74) is -0.509. The van der Waals surface area contributed by atoms with Crippen molar-refractivity contribution in [1.29, 1.82) is 0 Å². The van der Waals surface area contributed by atoms with Gasteiger partial charge in [0.1, 0.15) is 11.6 Å². The molecule has 0 heterocycles. The van der Waals surface area contributed by atoms with Crippen LogP contribution in [0.5, 0.6) is 0 Å². The average Bonchev–Trinajstić information content (AvgIpc) is 2.36. The van der Waals surface area contributed by atoms with E-state index in [9.17, 15) is 22.3 Å². The Balaban J connectivity index is 2.83. The lowest BCUT2D eigenvalue weighted by Gasteiger charge is -2.21. The Labute approximate surface area is 118 Å². The molecule has 20 heavy (non-hydrogen) atoms. The number of sulfonamides is 1. The zero-order valence-corrected chi connectivity index (χ0v) is 12.3. The molecule has 0 aliphatic rings. The summed E-state index contributed by atoms with van der Waals surface area (Å²) in [5.74, 6) is -1.83. The van der Waals surface area contributed by atoms with Gasteiger partial charge in [0.05, 0.1) is 17.4 Å². The molecule has 1 rings (SSSR count). The minimum atomic E-state index is -3.52. The second-order valence-corrected chi connectivity index (χ2v) is 6.80. The van der Waals surface area contributed by atoms with Crippen molar-refractivity contribution in [2.24, 2.45) is 0 Å². The molecule has 1 aromatic rings. The van der Waals surface area contributed by atoms with Crippen LogP contribution in [-0.4, -0.2) is 37.2 Å². The molecule has 0 bridgehead atoms. The summed E-state index contributed by atoms with van der Waals surface area (Å²) in [6.07, 6.45) is -0.327. The fourth-order valence-electron chi connectivity index (χ4n) is 1.76. The highest BCUT2D eigenvalue weighted by Crippen LogP contribution is 2.22. The Kier molecular flexibility index (Phi) is 6.04. The highest BCUT2D eigenvalue weighted by molar-refractivity contribution is 7.89. The van der Waals surface area contributed by atoms with Gasteiger partial charge in [-0.2, -0.15) is 0 Å². The molecule has 0 fully saturated rings. The molecule has 0 saturated heterocycles. The zero-order valence-electron chi connectivity index (χ0n) is 11.5. The molecule has 7 heteroatoms. The number of likely N-dealkylation sites (N-methyl/N-ethyl adjacent to an activating group) is 1. The van der Waals surface area contributed by atoms with Gasteiger partial charge in [0.25, 0.3) is 0 Å². The second-order valence-electron chi connectivity index (χ2n) is 4.60. The molecule has 1 atom stereocenters. The first-order valence-corrected chi connectivity index (χ1v) is 7.96. The number of unbranched alkanes of at least 4 members (excludes halogenated alkanes) is 1. The number of aliphatic hydroxyl groups is 1. The summed E-state index contributed by atoms with van der Waals surface area (Å²) in [4.78, 5) is 0. The molecule has 0 spiro atoms. The summed E-state index contributed by atoms with van der Waals surface area (Å²) in [6.45, 7) is 1.48. The Morgan fingerprint density at radius 3 is 2.35 bits per heavy atom. The number of aliphatic hydroxyl groups excluding tert-OH is 1. The van der Waals surface area contributed by atoms with Crippen molar-refractivity contribution in [1.82, 2.24) is 4.31 Å². The first-order valence-electron chi connectivity index (χ1n) is 6.35. The topological polar surface area (TPSA) is 57.6 Å². The first kappa shape index (κ1) is 17.0. The number of hydrogen-bond acceptors (Lipinski definition) is 3. The van der Waals surface area contributed by atoms with E-state index in [0.29, 0.717) is 6.42 Å².